The van der Waals surface area contributed by atoms with Gasteiger partial charge in [-0.3, -0.25) is 0 Å². The Morgan fingerprint density at radius 1 is 1.27 bits per heavy atom. The van der Waals surface area contributed by atoms with Gasteiger partial charge in [-0.1, -0.05) is 11.6 Å². The lowest BCUT2D eigenvalue weighted by Crippen LogP contribution is -2.13. The van der Waals surface area contributed by atoms with Gasteiger partial charge in [0, 0.05) is 32.2 Å². The van der Waals surface area contributed by atoms with Crippen molar-refractivity contribution in [2.45, 2.75) is 43.6 Å². The fourth-order valence-corrected chi connectivity index (χ4v) is 6.38. The molecule has 7 heteroatoms. The van der Waals surface area contributed by atoms with Crippen LogP contribution < -0.4 is 4.74 Å². The van der Waals surface area contributed by atoms with Crippen molar-refractivity contribution < 1.29 is 9.47 Å². The number of ether oxygens (including phenoxy) is 2. The molecule has 0 saturated carbocycles. The maximum atomic E-state index is 6.30. The molecule has 5 rings (SSSR count). The normalized spacial score (nSPS) is 15.8. The summed E-state index contributed by atoms with van der Waals surface area (Å²) >= 11 is 9.88. The molecule has 0 bridgehead atoms. The van der Waals surface area contributed by atoms with Crippen LogP contribution in [0, 0.1) is 6.92 Å². The lowest BCUT2D eigenvalue weighted by molar-refractivity contribution is -0.0168. The van der Waals surface area contributed by atoms with Crippen LogP contribution in [0.25, 0.3) is 10.2 Å². The number of thiophene rings is 1. The molecule has 1 aromatic carbocycles. The minimum atomic E-state index is 0.293. The quantitative estimate of drug-likeness (QED) is 0.437. The number of benzene rings is 1. The smallest absolute Gasteiger partial charge is 0.189 e. The van der Waals surface area contributed by atoms with Crippen LogP contribution in [0.1, 0.15) is 33.8 Å². The van der Waals surface area contributed by atoms with Crippen LogP contribution in [0.3, 0.4) is 0 Å². The number of fused-ring (bicyclic) bond motifs is 4. The predicted octanol–water partition coefficient (Wildman–Crippen LogP) is 5.30. The largest absolute Gasteiger partial charge is 0.467 e. The van der Waals surface area contributed by atoms with Crippen molar-refractivity contribution in [3.05, 3.63) is 44.5 Å². The van der Waals surface area contributed by atoms with Crippen LogP contribution in [0.2, 0.25) is 5.02 Å². The van der Waals surface area contributed by atoms with E-state index in [-0.39, 0.29) is 0 Å². The van der Waals surface area contributed by atoms with E-state index in [9.17, 15) is 0 Å². The molecule has 3 aromatic rings. The zero-order valence-electron chi connectivity index (χ0n) is 14.3. The van der Waals surface area contributed by atoms with Crippen molar-refractivity contribution in [2.24, 2.45) is 0 Å². The Hall–Kier alpha value is -1.34. The Morgan fingerprint density at radius 2 is 2.19 bits per heavy atom. The molecule has 0 saturated heterocycles. The number of rotatable bonds is 3. The SMILES string of the molecule is Cc1nc(SCc2cc(Cl)cc3c2OCOC3)c2c3c(sc2n1)CCC3. The molecule has 1 aliphatic heterocycles. The summed E-state index contributed by atoms with van der Waals surface area (Å²) in [5.74, 6) is 2.50. The fraction of sp³-hybridized carbons (Fsp3) is 0.368. The van der Waals surface area contributed by atoms with Crippen molar-refractivity contribution in [3.63, 3.8) is 0 Å². The van der Waals surface area contributed by atoms with Crippen molar-refractivity contribution in [3.8, 4) is 5.75 Å². The highest BCUT2D eigenvalue weighted by molar-refractivity contribution is 7.98. The molecule has 0 unspecified atom stereocenters. The summed E-state index contributed by atoms with van der Waals surface area (Å²) in [6.07, 6.45) is 3.56. The number of nitrogens with zero attached hydrogens (tertiary/aromatic N) is 2. The second-order valence-corrected chi connectivity index (χ2v) is 9.05. The molecule has 0 N–H and O–H groups in total. The van der Waals surface area contributed by atoms with Crippen molar-refractivity contribution in [1.82, 2.24) is 9.97 Å². The summed E-state index contributed by atoms with van der Waals surface area (Å²) in [7, 11) is 0. The van der Waals surface area contributed by atoms with E-state index in [2.05, 4.69) is 4.98 Å². The number of thioether (sulfide) groups is 1. The Morgan fingerprint density at radius 3 is 3.12 bits per heavy atom. The highest BCUT2D eigenvalue weighted by Crippen LogP contribution is 2.42. The van der Waals surface area contributed by atoms with Gasteiger partial charge in [-0.25, -0.2) is 9.97 Å². The van der Waals surface area contributed by atoms with E-state index in [1.165, 1.54) is 28.7 Å². The van der Waals surface area contributed by atoms with Crippen molar-refractivity contribution >= 4 is 44.9 Å². The molecule has 1 aliphatic carbocycles. The third kappa shape index (κ3) is 2.89. The number of aromatic nitrogens is 2. The Kier molecular flexibility index (Phi) is 4.32. The van der Waals surface area contributed by atoms with E-state index in [0.29, 0.717) is 18.4 Å². The van der Waals surface area contributed by atoms with Gasteiger partial charge in [-0.05, 0) is 43.9 Å². The van der Waals surface area contributed by atoms with Gasteiger partial charge >= 0.3 is 0 Å². The molecule has 134 valence electrons. The van der Waals surface area contributed by atoms with Gasteiger partial charge < -0.3 is 9.47 Å². The molecule has 2 aromatic heterocycles. The predicted molar refractivity (Wildman–Crippen MR) is 105 cm³/mol. The van der Waals surface area contributed by atoms with Gasteiger partial charge in [0.15, 0.2) is 6.79 Å². The molecular formula is C19H17ClN2O2S2. The molecule has 26 heavy (non-hydrogen) atoms. The minimum Gasteiger partial charge on any atom is -0.467 e. The summed E-state index contributed by atoms with van der Waals surface area (Å²) < 4.78 is 11.1. The highest BCUT2D eigenvalue weighted by Gasteiger charge is 2.23. The van der Waals surface area contributed by atoms with E-state index in [4.69, 9.17) is 26.1 Å². The molecule has 3 heterocycles. The van der Waals surface area contributed by atoms with E-state index >= 15 is 0 Å². The average Bonchev–Trinajstić information content (AvgIpc) is 3.19. The second-order valence-electron chi connectivity index (χ2n) is 6.57. The van der Waals surface area contributed by atoms with E-state index in [1.807, 2.05) is 30.4 Å². The standard InChI is InChI=1S/C19H17ClN2O2S2/c1-10-21-18(16-14-3-2-4-15(14)26-19(16)22-10)25-8-12-6-13(20)5-11-7-23-9-24-17(11)12/h5-6H,2-4,7-9H2,1H3. The maximum Gasteiger partial charge on any atom is 0.189 e. The van der Waals surface area contributed by atoms with Gasteiger partial charge in [0.2, 0.25) is 0 Å². The molecule has 0 fully saturated rings. The topological polar surface area (TPSA) is 44.2 Å². The number of halogens is 1. The molecule has 4 nitrogen and oxygen atoms in total. The highest BCUT2D eigenvalue weighted by atomic mass is 35.5. The van der Waals surface area contributed by atoms with Gasteiger partial charge in [0.05, 0.1) is 6.61 Å². The zero-order valence-corrected chi connectivity index (χ0v) is 16.7. The van der Waals surface area contributed by atoms with Crippen molar-refractivity contribution in [2.75, 3.05) is 6.79 Å². The molecule has 0 spiro atoms. The summed E-state index contributed by atoms with van der Waals surface area (Å²) in [5.41, 5.74) is 3.57. The molecule has 0 radical (unpaired) electrons. The summed E-state index contributed by atoms with van der Waals surface area (Å²) in [6, 6.07) is 3.91. The zero-order chi connectivity index (χ0) is 17.7. The lowest BCUT2D eigenvalue weighted by atomic mass is 10.1. The minimum absolute atomic E-state index is 0.293. The Labute approximate surface area is 164 Å². The average molecular weight is 405 g/mol. The van der Waals surface area contributed by atoms with E-state index < -0.39 is 0 Å². The first kappa shape index (κ1) is 16.8. The van der Waals surface area contributed by atoms with Crippen LogP contribution >= 0.6 is 34.7 Å². The van der Waals surface area contributed by atoms with Crippen molar-refractivity contribution in [1.29, 1.82) is 0 Å². The van der Waals surface area contributed by atoms with E-state index in [1.54, 1.807) is 11.8 Å². The molecule has 0 amide bonds. The molecule has 2 aliphatic rings. The first-order valence-electron chi connectivity index (χ1n) is 8.62. The van der Waals surface area contributed by atoms with E-state index in [0.717, 1.165) is 44.7 Å². The van der Waals surface area contributed by atoms with Crippen LogP contribution in [0.4, 0.5) is 0 Å². The summed E-state index contributed by atoms with van der Waals surface area (Å²) in [4.78, 5) is 12.0. The number of hydrogen-bond acceptors (Lipinski definition) is 6. The van der Waals surface area contributed by atoms with Gasteiger partial charge in [0.25, 0.3) is 0 Å². The third-order valence-electron chi connectivity index (χ3n) is 4.76. The second kappa shape index (κ2) is 6.68. The third-order valence-corrected chi connectivity index (χ3v) is 7.19. The Balaban J connectivity index is 1.52. The lowest BCUT2D eigenvalue weighted by Gasteiger charge is -2.21. The summed E-state index contributed by atoms with van der Waals surface area (Å²) in [5, 5.41) is 3.06. The van der Waals surface area contributed by atoms with Gasteiger partial charge in [-0.2, -0.15) is 0 Å². The van der Waals surface area contributed by atoms with Gasteiger partial charge in [-0.15, -0.1) is 23.1 Å². The summed E-state index contributed by atoms with van der Waals surface area (Å²) in [6.45, 7) is 2.81. The molecular weight excluding hydrogens is 388 g/mol. The molecule has 0 atom stereocenters. The van der Waals surface area contributed by atoms with Crippen LogP contribution in [0.15, 0.2) is 17.2 Å². The maximum absolute atomic E-state index is 6.30. The van der Waals surface area contributed by atoms with Gasteiger partial charge in [0.1, 0.15) is 21.4 Å². The number of aryl methyl sites for hydroxylation is 3. The van der Waals surface area contributed by atoms with Crippen LogP contribution in [-0.2, 0) is 29.9 Å². The Bertz CT molecular complexity index is 1020. The monoisotopic (exact) mass is 404 g/mol. The first-order valence-corrected chi connectivity index (χ1v) is 10.8. The first-order chi connectivity index (χ1) is 12.7. The van der Waals surface area contributed by atoms with Crippen LogP contribution in [-0.4, -0.2) is 16.8 Å². The fourth-order valence-electron chi connectivity index (χ4n) is 3.68. The number of hydrogen-bond donors (Lipinski definition) is 0. The van der Waals surface area contributed by atoms with Crippen LogP contribution in [0.5, 0.6) is 5.75 Å².